The number of rotatable bonds is 3. The largest absolute Gasteiger partial charge is 0.416 e. The van der Waals surface area contributed by atoms with Crippen molar-refractivity contribution < 1.29 is 13.2 Å². The number of hydrogen-bond acceptors (Lipinski definition) is 7. The summed E-state index contributed by atoms with van der Waals surface area (Å²) in [6.07, 6.45) is -1.66. The molecule has 0 amide bonds. The molecule has 1 aliphatic rings. The third-order valence-electron chi connectivity index (χ3n) is 4.77. The zero-order valence-corrected chi connectivity index (χ0v) is 15.5. The number of halogens is 3. The molecule has 2 N–H and O–H groups in total. The Morgan fingerprint density at radius 1 is 1.14 bits per heavy atom. The average Bonchev–Trinajstić information content (AvgIpc) is 3.22. The summed E-state index contributed by atoms with van der Waals surface area (Å²) in [7, 11) is 0. The van der Waals surface area contributed by atoms with E-state index in [9.17, 15) is 13.2 Å². The molecule has 1 aliphatic heterocycles. The van der Waals surface area contributed by atoms with Crippen LogP contribution in [0.4, 0.5) is 19.0 Å². The second kappa shape index (κ2) is 7.44. The zero-order chi connectivity index (χ0) is 19.7. The van der Waals surface area contributed by atoms with Crippen LogP contribution in [0.3, 0.4) is 0 Å². The number of alkyl halides is 3. The molecule has 3 aromatic rings. The van der Waals surface area contributed by atoms with Crippen molar-refractivity contribution in [1.29, 1.82) is 0 Å². The lowest BCUT2D eigenvalue weighted by Gasteiger charge is -2.39. The molecule has 6 nitrogen and oxygen atoms in total. The Morgan fingerprint density at radius 3 is 2.68 bits per heavy atom. The number of aromatic nitrogens is 4. The molecular weight excluding hydrogens is 389 g/mol. The van der Waals surface area contributed by atoms with Crippen LogP contribution in [0.5, 0.6) is 0 Å². The van der Waals surface area contributed by atoms with E-state index in [-0.39, 0.29) is 12.1 Å². The van der Waals surface area contributed by atoms with Gasteiger partial charge in [0.15, 0.2) is 10.8 Å². The third-order valence-corrected chi connectivity index (χ3v) is 5.45. The van der Waals surface area contributed by atoms with E-state index in [1.54, 1.807) is 18.2 Å². The molecule has 0 aliphatic carbocycles. The first-order valence-corrected chi connectivity index (χ1v) is 9.49. The van der Waals surface area contributed by atoms with E-state index >= 15 is 0 Å². The first kappa shape index (κ1) is 18.8. The predicted molar refractivity (Wildman–Crippen MR) is 99.7 cm³/mol. The minimum atomic E-state index is -4.39. The lowest BCUT2D eigenvalue weighted by atomic mass is 9.91. The molecule has 0 radical (unpaired) electrons. The average molecular weight is 406 g/mol. The lowest BCUT2D eigenvalue weighted by molar-refractivity contribution is -0.137. The molecule has 1 fully saturated rings. The molecular formula is C18H17F3N6S. The molecule has 1 aromatic carbocycles. The third kappa shape index (κ3) is 3.83. The molecule has 4 rings (SSSR count). The Labute approximate surface area is 163 Å². The molecule has 0 saturated carbocycles. The Kier molecular flexibility index (Phi) is 4.98. The van der Waals surface area contributed by atoms with Gasteiger partial charge in [0.2, 0.25) is 0 Å². The van der Waals surface area contributed by atoms with E-state index in [0.717, 1.165) is 12.5 Å². The van der Waals surface area contributed by atoms with Gasteiger partial charge < -0.3 is 10.6 Å². The van der Waals surface area contributed by atoms with Crippen LogP contribution in [0.25, 0.3) is 10.7 Å². The van der Waals surface area contributed by atoms with Crippen LogP contribution < -0.4 is 10.6 Å². The Bertz CT molecular complexity index is 929. The summed E-state index contributed by atoms with van der Waals surface area (Å²) in [6, 6.07) is 8.62. The first-order valence-electron chi connectivity index (χ1n) is 8.72. The second-order valence-corrected chi connectivity index (χ2v) is 7.42. The number of nitrogens with two attached hydrogens (primary N) is 1. The fraction of sp³-hybridized carbons (Fsp3) is 0.333. The van der Waals surface area contributed by atoms with Crippen molar-refractivity contribution in [3.05, 3.63) is 53.9 Å². The molecule has 0 spiro atoms. The Hall–Kier alpha value is -2.59. The fourth-order valence-corrected chi connectivity index (χ4v) is 3.87. The van der Waals surface area contributed by atoms with Crippen LogP contribution in [0.15, 0.2) is 42.7 Å². The second-order valence-electron chi connectivity index (χ2n) is 6.64. The van der Waals surface area contributed by atoms with E-state index in [1.165, 1.54) is 30.0 Å². The highest BCUT2D eigenvalue weighted by Crippen LogP contribution is 2.37. The minimum absolute atomic E-state index is 0.0792. The maximum absolute atomic E-state index is 13.1. The Balaban J connectivity index is 1.65. The van der Waals surface area contributed by atoms with Gasteiger partial charge in [0.05, 0.1) is 11.6 Å². The van der Waals surface area contributed by atoms with Gasteiger partial charge in [-0.05, 0) is 54.2 Å². The molecule has 146 valence electrons. The van der Waals surface area contributed by atoms with Crippen molar-refractivity contribution in [2.75, 3.05) is 11.4 Å². The monoisotopic (exact) mass is 406 g/mol. The molecule has 2 atom stereocenters. The molecule has 0 bridgehead atoms. The van der Waals surface area contributed by atoms with Gasteiger partial charge in [-0.1, -0.05) is 12.1 Å². The summed E-state index contributed by atoms with van der Waals surface area (Å²) in [5, 5.41) is 9.15. The van der Waals surface area contributed by atoms with Crippen LogP contribution in [-0.2, 0) is 6.18 Å². The highest BCUT2D eigenvalue weighted by atomic mass is 32.1. The van der Waals surface area contributed by atoms with Gasteiger partial charge in [0.1, 0.15) is 12.0 Å². The topological polar surface area (TPSA) is 80.8 Å². The highest BCUT2D eigenvalue weighted by molar-refractivity contribution is 7.09. The summed E-state index contributed by atoms with van der Waals surface area (Å²) >= 11 is 1.22. The van der Waals surface area contributed by atoms with Crippen molar-refractivity contribution in [2.24, 2.45) is 5.73 Å². The lowest BCUT2D eigenvalue weighted by Crippen LogP contribution is -2.42. The van der Waals surface area contributed by atoms with Crippen LogP contribution in [0.1, 0.15) is 30.0 Å². The summed E-state index contributed by atoms with van der Waals surface area (Å²) in [6.45, 7) is 0.592. The van der Waals surface area contributed by atoms with Crippen LogP contribution in [0.2, 0.25) is 0 Å². The summed E-state index contributed by atoms with van der Waals surface area (Å²) in [4.78, 5) is 6.07. The van der Waals surface area contributed by atoms with Gasteiger partial charge in [0.25, 0.3) is 0 Å². The fourth-order valence-electron chi connectivity index (χ4n) is 3.38. The number of benzene rings is 1. The normalized spacial score (nSPS) is 20.4. The van der Waals surface area contributed by atoms with Crippen molar-refractivity contribution in [3.63, 3.8) is 0 Å². The van der Waals surface area contributed by atoms with Gasteiger partial charge in [-0.15, -0.1) is 10.2 Å². The van der Waals surface area contributed by atoms with Crippen molar-refractivity contribution in [3.8, 4) is 10.7 Å². The van der Waals surface area contributed by atoms with Crippen molar-refractivity contribution >= 4 is 17.4 Å². The van der Waals surface area contributed by atoms with E-state index in [1.807, 2.05) is 4.90 Å². The maximum atomic E-state index is 13.1. The van der Waals surface area contributed by atoms with Gasteiger partial charge in [-0.25, -0.2) is 4.98 Å². The van der Waals surface area contributed by atoms with Crippen LogP contribution >= 0.6 is 11.5 Å². The molecule has 10 heteroatoms. The summed E-state index contributed by atoms with van der Waals surface area (Å²) in [5.74, 6) is 0.600. The maximum Gasteiger partial charge on any atom is 0.416 e. The van der Waals surface area contributed by atoms with Gasteiger partial charge >= 0.3 is 6.18 Å². The molecule has 28 heavy (non-hydrogen) atoms. The SMILES string of the molecule is NC1CCN(c2ccc(-c3ncns3)nn2)C(c2cccc(C(F)(F)F)c2)C1. The van der Waals surface area contributed by atoms with Crippen LogP contribution in [0, 0.1) is 0 Å². The summed E-state index contributed by atoms with van der Waals surface area (Å²) < 4.78 is 43.4. The van der Waals surface area contributed by atoms with Gasteiger partial charge in [0, 0.05) is 12.6 Å². The molecule has 3 heterocycles. The van der Waals surface area contributed by atoms with Crippen molar-refractivity contribution in [1.82, 2.24) is 19.6 Å². The van der Waals surface area contributed by atoms with E-state index in [2.05, 4.69) is 19.6 Å². The van der Waals surface area contributed by atoms with Gasteiger partial charge in [-0.3, -0.25) is 0 Å². The van der Waals surface area contributed by atoms with E-state index in [0.29, 0.717) is 35.0 Å². The summed E-state index contributed by atoms with van der Waals surface area (Å²) in [5.41, 5.74) is 6.63. The first-order chi connectivity index (χ1) is 13.4. The number of piperidine rings is 1. The van der Waals surface area contributed by atoms with Crippen molar-refractivity contribution in [2.45, 2.75) is 31.1 Å². The quantitative estimate of drug-likeness (QED) is 0.715. The predicted octanol–water partition coefficient (Wildman–Crippen LogP) is 3.68. The molecule has 2 aromatic heterocycles. The number of nitrogens with zero attached hydrogens (tertiary/aromatic N) is 5. The molecule has 1 saturated heterocycles. The molecule has 2 unspecified atom stereocenters. The minimum Gasteiger partial charge on any atom is -0.348 e. The highest BCUT2D eigenvalue weighted by Gasteiger charge is 2.33. The van der Waals surface area contributed by atoms with E-state index in [4.69, 9.17) is 5.73 Å². The zero-order valence-electron chi connectivity index (χ0n) is 14.7. The number of hydrogen-bond donors (Lipinski definition) is 1. The van der Waals surface area contributed by atoms with Crippen LogP contribution in [-0.4, -0.2) is 32.1 Å². The standard InChI is InChI=1S/C18H17F3N6S/c19-18(20,21)12-3-1-2-11(8-12)15-9-13(22)6-7-27(15)16-5-4-14(25-26-16)17-23-10-24-28-17/h1-5,8,10,13,15H,6-7,9,22H2. The number of anilines is 1. The smallest absolute Gasteiger partial charge is 0.348 e. The Morgan fingerprint density at radius 2 is 2.00 bits per heavy atom. The van der Waals surface area contributed by atoms with E-state index < -0.39 is 11.7 Å². The van der Waals surface area contributed by atoms with Gasteiger partial charge in [-0.2, -0.15) is 17.5 Å².